The smallest absolute Gasteiger partial charge is 0.249 e. The van der Waals surface area contributed by atoms with Gasteiger partial charge in [0.25, 0.3) is 0 Å². The van der Waals surface area contributed by atoms with Crippen molar-refractivity contribution in [2.75, 3.05) is 26.4 Å². The maximum absolute atomic E-state index is 13.7. The highest BCUT2D eigenvalue weighted by molar-refractivity contribution is 5.80. The van der Waals surface area contributed by atoms with Crippen molar-refractivity contribution < 1.29 is 99.3 Å². The second-order valence-corrected chi connectivity index (χ2v) is 23.2. The Morgan fingerprint density at radius 3 is 1.33 bits per heavy atom. The van der Waals surface area contributed by atoms with E-state index in [-0.39, 0.29) is 12.8 Å². The van der Waals surface area contributed by atoms with Crippen LogP contribution in [0.5, 0.6) is 0 Å². The number of ether oxygens (including phenoxy) is 6. The molecule has 3 heterocycles. The Bertz CT molecular complexity index is 1590. The molecule has 0 saturated carbocycles. The normalized spacial score (nSPS) is 30.4. The first kappa shape index (κ1) is 73.5. The van der Waals surface area contributed by atoms with Crippen molar-refractivity contribution in [1.29, 1.82) is 0 Å². The van der Waals surface area contributed by atoms with Crippen LogP contribution in [-0.4, -0.2) is 216 Å². The molecule has 81 heavy (non-hydrogen) atoms. The van der Waals surface area contributed by atoms with E-state index in [0.717, 1.165) is 64.7 Å². The van der Waals surface area contributed by atoms with E-state index in [1.165, 1.54) is 116 Å². The van der Waals surface area contributed by atoms with Crippen molar-refractivity contribution in [3.63, 3.8) is 0 Å². The lowest BCUT2D eigenvalue weighted by Crippen LogP contribution is -2.66. The molecular weight excluding hydrogens is 1060 g/mol. The number of carbonyl (C=O) groups excluding carboxylic acids is 2. The number of hydrogen-bond acceptors (Lipinski definition) is 20. The van der Waals surface area contributed by atoms with Crippen LogP contribution in [0.1, 0.15) is 220 Å². The third-order valence-corrected chi connectivity index (χ3v) is 16.3. The van der Waals surface area contributed by atoms with Crippen LogP contribution in [0.4, 0.5) is 0 Å². The second kappa shape index (κ2) is 42.9. The molecule has 22 heteroatoms. The van der Waals surface area contributed by atoms with E-state index < -0.39 is 155 Å². The molecule has 0 spiro atoms. The lowest BCUT2D eigenvalue weighted by molar-refractivity contribution is -0.371. The summed E-state index contributed by atoms with van der Waals surface area (Å²) in [6, 6.07) is -2.82. The van der Waals surface area contributed by atoms with Crippen LogP contribution in [0.2, 0.25) is 0 Å². The molecule has 0 aromatic carbocycles. The largest absolute Gasteiger partial charge is 0.394 e. The van der Waals surface area contributed by atoms with E-state index in [1.807, 2.05) is 0 Å². The summed E-state index contributed by atoms with van der Waals surface area (Å²) in [7, 11) is 0. The zero-order valence-electron chi connectivity index (χ0n) is 49.4. The fourth-order valence-electron chi connectivity index (χ4n) is 11.0. The molecule has 0 bridgehead atoms. The number of carbonyl (C=O) groups is 2. The first-order valence-corrected chi connectivity index (χ1v) is 31.5. The standard InChI is InChI=1S/C59H112N2O20/c1-4-6-8-10-12-14-16-17-18-19-20-21-22-24-26-28-30-32-34-42(66)56(75)61-40(47(67)41(65)33-31-29-27-25-23-15-13-11-9-7-5-2)37-76-59-55(81-58-54(74)52(72)49(69)44(36-63)79-58)53(73)50(70)45(80-59)38-77-57-46(60-39(3)64)51(71)48(68)43(35-62)78-57/h40-55,57-59,62-63,65-74H,4-38H2,1-3H3,(H,60,64)(H,61,75)/t40-,41+,42+,43+,44+,45+,46+,47-,48-,49-,50-,51+,52-,53-,54+,55+,57+,58+,59-/m0/s1. The molecule has 3 saturated heterocycles. The minimum Gasteiger partial charge on any atom is -0.394 e. The van der Waals surface area contributed by atoms with Gasteiger partial charge in [0.15, 0.2) is 18.9 Å². The summed E-state index contributed by atoms with van der Waals surface area (Å²) >= 11 is 0. The minimum absolute atomic E-state index is 0.130. The van der Waals surface area contributed by atoms with Crippen molar-refractivity contribution >= 4 is 11.8 Å². The van der Waals surface area contributed by atoms with Crippen LogP contribution in [0, 0.1) is 0 Å². The zero-order chi connectivity index (χ0) is 59.5. The van der Waals surface area contributed by atoms with Gasteiger partial charge in [0.2, 0.25) is 11.8 Å². The molecule has 0 unspecified atom stereocenters. The van der Waals surface area contributed by atoms with Crippen LogP contribution in [0.15, 0.2) is 0 Å². The van der Waals surface area contributed by atoms with E-state index in [2.05, 4.69) is 24.5 Å². The number of rotatable bonds is 46. The summed E-state index contributed by atoms with van der Waals surface area (Å²) in [5, 5.41) is 135. The van der Waals surface area contributed by atoms with Crippen molar-refractivity contribution in [3.05, 3.63) is 0 Å². The van der Waals surface area contributed by atoms with Gasteiger partial charge in [0.05, 0.1) is 38.6 Å². The van der Waals surface area contributed by atoms with Gasteiger partial charge < -0.3 is 100 Å². The topological polar surface area (TPSA) is 356 Å². The van der Waals surface area contributed by atoms with E-state index in [0.29, 0.717) is 12.8 Å². The summed E-state index contributed by atoms with van der Waals surface area (Å²) in [6.45, 7) is 2.64. The Kier molecular flexibility index (Phi) is 39.0. The predicted octanol–water partition coefficient (Wildman–Crippen LogP) is 3.30. The molecule has 19 atom stereocenters. The lowest BCUT2D eigenvalue weighted by Gasteiger charge is -2.47. The minimum atomic E-state index is -2.01. The third kappa shape index (κ3) is 27.2. The first-order chi connectivity index (χ1) is 39.0. The predicted molar refractivity (Wildman–Crippen MR) is 301 cm³/mol. The molecule has 3 aliphatic heterocycles. The fourth-order valence-corrected chi connectivity index (χ4v) is 11.0. The van der Waals surface area contributed by atoms with Gasteiger partial charge >= 0.3 is 0 Å². The van der Waals surface area contributed by atoms with E-state index in [1.54, 1.807) is 0 Å². The van der Waals surface area contributed by atoms with Crippen molar-refractivity contribution in [2.24, 2.45) is 0 Å². The molecule has 478 valence electrons. The van der Waals surface area contributed by atoms with Crippen LogP contribution < -0.4 is 10.6 Å². The molecule has 0 aromatic heterocycles. The summed E-state index contributed by atoms with van der Waals surface area (Å²) in [5.41, 5.74) is 0. The molecule has 3 aliphatic rings. The number of nitrogens with one attached hydrogen (secondary N) is 2. The van der Waals surface area contributed by atoms with E-state index in [9.17, 15) is 70.9 Å². The molecule has 0 aromatic rings. The highest BCUT2D eigenvalue weighted by Crippen LogP contribution is 2.32. The Balaban J connectivity index is 1.70. The number of aliphatic hydroxyl groups excluding tert-OH is 12. The average Bonchev–Trinajstić information content (AvgIpc) is 3.55. The van der Waals surface area contributed by atoms with Gasteiger partial charge in [0, 0.05) is 6.92 Å². The SMILES string of the molecule is CCCCCCCCCCCCCCCCCCCC[C@@H](O)C(=O)N[C@@H](CO[C@H]1O[C@H](CO[C@@H]2O[C@H](CO)[C@H](O)[C@H](O)[C@H]2NC(C)=O)[C@H](O)[C@H](O)[C@H]1O[C@H]1O[C@H](CO)[C@H](O)[C@H](O)[C@H]1O)[C@H](O)[C@H](O)CCCCCCCCCCCCC. The van der Waals surface area contributed by atoms with Crippen molar-refractivity contribution in [2.45, 2.75) is 336 Å². The maximum Gasteiger partial charge on any atom is 0.249 e. The van der Waals surface area contributed by atoms with Gasteiger partial charge in [-0.3, -0.25) is 9.59 Å². The van der Waals surface area contributed by atoms with Gasteiger partial charge in [-0.25, -0.2) is 0 Å². The van der Waals surface area contributed by atoms with Crippen molar-refractivity contribution in [1.82, 2.24) is 10.6 Å². The highest BCUT2D eigenvalue weighted by Gasteiger charge is 2.52. The number of hydrogen-bond donors (Lipinski definition) is 14. The Morgan fingerprint density at radius 2 is 0.877 bits per heavy atom. The second-order valence-electron chi connectivity index (χ2n) is 23.2. The summed E-state index contributed by atoms with van der Waals surface area (Å²) in [4.78, 5) is 25.8. The first-order valence-electron chi connectivity index (χ1n) is 31.5. The summed E-state index contributed by atoms with van der Waals surface area (Å²) < 4.78 is 35.2. The maximum atomic E-state index is 13.7. The fraction of sp³-hybridized carbons (Fsp3) is 0.966. The lowest BCUT2D eigenvalue weighted by atomic mass is 9.96. The van der Waals surface area contributed by atoms with Gasteiger partial charge in [0.1, 0.15) is 85.4 Å². The van der Waals surface area contributed by atoms with E-state index >= 15 is 0 Å². The molecule has 3 fully saturated rings. The summed E-state index contributed by atoms with van der Waals surface area (Å²) in [5.74, 6) is -1.48. The summed E-state index contributed by atoms with van der Waals surface area (Å²) in [6.07, 6.45) is 4.50. The average molecular weight is 1170 g/mol. The molecule has 0 radical (unpaired) electrons. The molecule has 3 rings (SSSR count). The van der Waals surface area contributed by atoms with Gasteiger partial charge in [-0.1, -0.05) is 200 Å². The van der Waals surface area contributed by atoms with Crippen LogP contribution in [0.25, 0.3) is 0 Å². The van der Waals surface area contributed by atoms with Crippen LogP contribution in [-0.2, 0) is 38.0 Å². The molecule has 14 N–H and O–H groups in total. The number of amides is 2. The van der Waals surface area contributed by atoms with Crippen LogP contribution >= 0.6 is 0 Å². The Hall–Kier alpha value is -1.78. The molecule has 22 nitrogen and oxygen atoms in total. The van der Waals surface area contributed by atoms with Crippen LogP contribution in [0.3, 0.4) is 0 Å². The molecular formula is C59H112N2O20. The Labute approximate surface area is 483 Å². The van der Waals surface area contributed by atoms with E-state index in [4.69, 9.17) is 28.4 Å². The van der Waals surface area contributed by atoms with Gasteiger partial charge in [-0.05, 0) is 12.8 Å². The Morgan fingerprint density at radius 1 is 0.469 bits per heavy atom. The monoisotopic (exact) mass is 1170 g/mol. The van der Waals surface area contributed by atoms with Gasteiger partial charge in [-0.2, -0.15) is 0 Å². The quantitative estimate of drug-likeness (QED) is 0.0389. The number of unbranched alkanes of at least 4 members (excludes halogenated alkanes) is 27. The molecule has 0 aliphatic carbocycles. The number of aliphatic hydroxyl groups is 12. The highest BCUT2D eigenvalue weighted by atomic mass is 16.8. The zero-order valence-corrected chi connectivity index (χ0v) is 49.4. The molecule has 2 amide bonds. The van der Waals surface area contributed by atoms with Gasteiger partial charge in [-0.15, -0.1) is 0 Å². The van der Waals surface area contributed by atoms with Crippen molar-refractivity contribution in [3.8, 4) is 0 Å². The third-order valence-electron chi connectivity index (χ3n) is 16.3.